The summed E-state index contributed by atoms with van der Waals surface area (Å²) in [5.74, 6) is -0.987. The zero-order chi connectivity index (χ0) is 16.8. The first-order chi connectivity index (χ1) is 10.9. The molecular weight excluding hydrogens is 316 g/mol. The van der Waals surface area contributed by atoms with Crippen LogP contribution in [0.15, 0.2) is 22.5 Å². The molecule has 0 spiro atoms. The molecule has 1 atom stereocenters. The van der Waals surface area contributed by atoms with Crippen LogP contribution in [0.2, 0.25) is 0 Å². The van der Waals surface area contributed by atoms with Crippen LogP contribution in [0.3, 0.4) is 0 Å². The molecule has 0 aliphatic carbocycles. The third-order valence-electron chi connectivity index (χ3n) is 2.94. The molecule has 8 heteroatoms. The normalized spacial score (nSPS) is 16.7. The third-order valence-corrected chi connectivity index (χ3v) is 3.75. The van der Waals surface area contributed by atoms with Gasteiger partial charge < -0.3 is 10.6 Å². The van der Waals surface area contributed by atoms with E-state index in [0.29, 0.717) is 23.3 Å². The van der Waals surface area contributed by atoms with Crippen LogP contribution in [0.5, 0.6) is 0 Å². The van der Waals surface area contributed by atoms with E-state index in [1.807, 2.05) is 13.8 Å². The van der Waals surface area contributed by atoms with E-state index >= 15 is 0 Å². The Balaban J connectivity index is 1.86. The Morgan fingerprint density at radius 3 is 2.83 bits per heavy atom. The molecule has 0 aromatic carbocycles. The zero-order valence-electron chi connectivity index (χ0n) is 12.9. The quantitative estimate of drug-likeness (QED) is 0.816. The van der Waals surface area contributed by atoms with E-state index in [-0.39, 0.29) is 24.1 Å². The van der Waals surface area contributed by atoms with Gasteiger partial charge in [0.1, 0.15) is 0 Å². The summed E-state index contributed by atoms with van der Waals surface area (Å²) in [7, 11) is 0. The fraction of sp³-hybridized carbons (Fsp3) is 0.400. The van der Waals surface area contributed by atoms with E-state index < -0.39 is 5.92 Å². The number of rotatable bonds is 6. The van der Waals surface area contributed by atoms with Crippen molar-refractivity contribution in [2.75, 3.05) is 11.9 Å². The lowest BCUT2D eigenvalue weighted by Gasteiger charge is -2.08. The van der Waals surface area contributed by atoms with Crippen LogP contribution in [0.25, 0.3) is 0 Å². The topological polar surface area (TPSA) is 101 Å². The number of nitrogens with zero attached hydrogens (tertiary/aromatic N) is 2. The van der Waals surface area contributed by atoms with E-state index in [1.165, 1.54) is 29.7 Å². The Morgan fingerprint density at radius 2 is 2.17 bits per heavy atom. The number of carbonyl (C=O) groups excluding carboxylic acids is 3. The molecule has 0 saturated carbocycles. The molecule has 122 valence electrons. The lowest BCUT2D eigenvalue weighted by Crippen LogP contribution is -2.28. The van der Waals surface area contributed by atoms with Gasteiger partial charge in [0, 0.05) is 24.2 Å². The number of thiazole rings is 1. The maximum atomic E-state index is 12.0. The number of aromatic nitrogens is 1. The predicted molar refractivity (Wildman–Crippen MR) is 88.4 cm³/mol. The van der Waals surface area contributed by atoms with Gasteiger partial charge in [-0.3, -0.25) is 14.4 Å². The standard InChI is InChI=1S/C15H18N4O3S/c1-9(2)6-16-13(21)5-11-8-23-15(18-11)19-14(22)10-3-4-12(20)17-7-10/h3-4,7-10H,5-6H2,1-2H3,(H,16,21)(H,18,19,22). The number of carbonyl (C=O) groups is 3. The molecule has 2 heterocycles. The van der Waals surface area contributed by atoms with Crippen LogP contribution < -0.4 is 10.6 Å². The maximum Gasteiger partial charge on any atom is 0.269 e. The van der Waals surface area contributed by atoms with Crippen LogP contribution in [0.4, 0.5) is 5.13 Å². The van der Waals surface area contributed by atoms with E-state index in [0.717, 1.165) is 0 Å². The van der Waals surface area contributed by atoms with Gasteiger partial charge in [-0.1, -0.05) is 19.9 Å². The van der Waals surface area contributed by atoms with E-state index in [4.69, 9.17) is 0 Å². The Hall–Kier alpha value is -2.35. The molecule has 1 aromatic heterocycles. The van der Waals surface area contributed by atoms with E-state index in [9.17, 15) is 14.4 Å². The first-order valence-electron chi connectivity index (χ1n) is 7.22. The van der Waals surface area contributed by atoms with Gasteiger partial charge >= 0.3 is 0 Å². The van der Waals surface area contributed by atoms with Crippen molar-refractivity contribution < 1.29 is 14.4 Å². The van der Waals surface area contributed by atoms with Crippen molar-refractivity contribution in [1.29, 1.82) is 0 Å². The molecule has 1 aromatic rings. The average molecular weight is 334 g/mol. The van der Waals surface area contributed by atoms with Gasteiger partial charge in [0.15, 0.2) is 5.13 Å². The summed E-state index contributed by atoms with van der Waals surface area (Å²) in [5.41, 5.74) is 0.606. The largest absolute Gasteiger partial charge is 0.356 e. The van der Waals surface area contributed by atoms with Crippen molar-refractivity contribution in [3.8, 4) is 0 Å². The molecule has 0 saturated heterocycles. The summed E-state index contributed by atoms with van der Waals surface area (Å²) in [5, 5.41) is 7.62. The number of hydrogen-bond donors (Lipinski definition) is 2. The van der Waals surface area contributed by atoms with Gasteiger partial charge in [-0.05, 0) is 5.92 Å². The monoisotopic (exact) mass is 334 g/mol. The third kappa shape index (κ3) is 5.41. The van der Waals surface area contributed by atoms with Crippen LogP contribution in [-0.4, -0.2) is 35.5 Å². The second kappa shape index (κ2) is 7.77. The molecule has 3 amide bonds. The van der Waals surface area contributed by atoms with Gasteiger partial charge in [0.2, 0.25) is 11.8 Å². The van der Waals surface area contributed by atoms with Crippen LogP contribution in [0.1, 0.15) is 19.5 Å². The first kappa shape index (κ1) is 17.0. The summed E-state index contributed by atoms with van der Waals surface area (Å²) in [6, 6.07) is 0. The van der Waals surface area contributed by atoms with Gasteiger partial charge in [-0.2, -0.15) is 0 Å². The molecule has 0 bridgehead atoms. The summed E-state index contributed by atoms with van der Waals surface area (Å²) in [4.78, 5) is 42.5. The number of dihydropyridines is 1. The lowest BCUT2D eigenvalue weighted by atomic mass is 10.1. The molecule has 2 rings (SSSR count). The number of nitrogens with one attached hydrogen (secondary N) is 2. The Bertz CT molecular complexity index is 647. The highest BCUT2D eigenvalue weighted by Gasteiger charge is 2.18. The fourth-order valence-electron chi connectivity index (χ4n) is 1.77. The summed E-state index contributed by atoms with van der Waals surface area (Å²) >= 11 is 1.25. The highest BCUT2D eigenvalue weighted by Crippen LogP contribution is 2.17. The molecule has 1 unspecified atom stereocenters. The molecule has 1 aliphatic rings. The number of anilines is 1. The van der Waals surface area contributed by atoms with Crippen LogP contribution in [-0.2, 0) is 20.8 Å². The van der Waals surface area contributed by atoms with Crippen molar-refractivity contribution in [3.05, 3.63) is 23.2 Å². The predicted octanol–water partition coefficient (Wildman–Crippen LogP) is 1.18. The van der Waals surface area contributed by atoms with E-state index in [1.54, 1.807) is 5.38 Å². The Morgan fingerprint density at radius 1 is 1.39 bits per heavy atom. The molecule has 23 heavy (non-hydrogen) atoms. The van der Waals surface area contributed by atoms with Gasteiger partial charge in [-0.25, -0.2) is 9.98 Å². The Labute approximate surface area is 137 Å². The minimum absolute atomic E-state index is 0.0947. The number of aliphatic imine (C=N–C) groups is 1. The van der Waals surface area contributed by atoms with Gasteiger partial charge in [0.25, 0.3) is 5.91 Å². The average Bonchev–Trinajstić information content (AvgIpc) is 2.92. The van der Waals surface area contributed by atoms with Crippen molar-refractivity contribution in [1.82, 2.24) is 10.3 Å². The van der Waals surface area contributed by atoms with Crippen molar-refractivity contribution in [2.45, 2.75) is 20.3 Å². The van der Waals surface area contributed by atoms with Crippen molar-refractivity contribution in [2.24, 2.45) is 16.8 Å². The van der Waals surface area contributed by atoms with E-state index in [2.05, 4.69) is 20.6 Å². The molecule has 1 aliphatic heterocycles. The number of amides is 3. The Kier molecular flexibility index (Phi) is 5.75. The second-order valence-electron chi connectivity index (χ2n) is 5.51. The van der Waals surface area contributed by atoms with Crippen LogP contribution >= 0.6 is 11.3 Å². The fourth-order valence-corrected chi connectivity index (χ4v) is 2.48. The van der Waals surface area contributed by atoms with Crippen LogP contribution in [0, 0.1) is 11.8 Å². The SMILES string of the molecule is CC(C)CNC(=O)Cc1csc(NC(=O)C2C=CC(=O)N=C2)n1. The second-order valence-corrected chi connectivity index (χ2v) is 6.37. The summed E-state index contributed by atoms with van der Waals surface area (Å²) in [6.07, 6.45) is 4.22. The summed E-state index contributed by atoms with van der Waals surface area (Å²) < 4.78 is 0. The summed E-state index contributed by atoms with van der Waals surface area (Å²) in [6.45, 7) is 4.67. The molecular formula is C15H18N4O3S. The molecule has 2 N–H and O–H groups in total. The van der Waals surface area contributed by atoms with Crippen molar-refractivity contribution >= 4 is 40.4 Å². The molecule has 0 radical (unpaired) electrons. The minimum atomic E-state index is -0.589. The first-order valence-corrected chi connectivity index (χ1v) is 8.10. The molecule has 7 nitrogen and oxygen atoms in total. The highest BCUT2D eigenvalue weighted by atomic mass is 32.1. The smallest absolute Gasteiger partial charge is 0.269 e. The zero-order valence-corrected chi connectivity index (χ0v) is 13.7. The maximum absolute atomic E-state index is 12.0. The van der Waals surface area contributed by atoms with Gasteiger partial charge in [-0.15, -0.1) is 11.3 Å². The van der Waals surface area contributed by atoms with Gasteiger partial charge in [0.05, 0.1) is 18.0 Å². The van der Waals surface area contributed by atoms with Crippen molar-refractivity contribution in [3.63, 3.8) is 0 Å². The number of hydrogen-bond acceptors (Lipinski definition) is 5. The molecule has 0 fully saturated rings. The lowest BCUT2D eigenvalue weighted by molar-refractivity contribution is -0.120. The minimum Gasteiger partial charge on any atom is -0.356 e. The highest BCUT2D eigenvalue weighted by molar-refractivity contribution is 7.13.